The summed E-state index contributed by atoms with van der Waals surface area (Å²) in [5.41, 5.74) is 2.27. The average molecular weight is 343 g/mol. The van der Waals surface area contributed by atoms with Crippen molar-refractivity contribution in [2.75, 3.05) is 0 Å². The number of H-pyrrole nitrogens is 1. The SMILES string of the molecule is CCCCCCCCCCCCCCCCc1nc2ccccc2[nH]1. The van der Waals surface area contributed by atoms with E-state index in [1.807, 2.05) is 0 Å². The van der Waals surface area contributed by atoms with Crippen molar-refractivity contribution in [3.05, 3.63) is 30.1 Å². The molecule has 2 aromatic rings. The highest BCUT2D eigenvalue weighted by molar-refractivity contribution is 5.74. The summed E-state index contributed by atoms with van der Waals surface area (Å²) in [5, 5.41) is 0. The molecule has 140 valence electrons. The first-order chi connectivity index (χ1) is 12.4. The number of rotatable bonds is 15. The summed E-state index contributed by atoms with van der Waals surface area (Å²) in [5.74, 6) is 1.15. The Morgan fingerprint density at radius 3 is 1.76 bits per heavy atom. The highest BCUT2D eigenvalue weighted by atomic mass is 14.9. The molecule has 0 amide bonds. The third kappa shape index (κ3) is 8.56. The Hall–Kier alpha value is -1.31. The smallest absolute Gasteiger partial charge is 0.107 e. The van der Waals surface area contributed by atoms with Gasteiger partial charge in [-0.25, -0.2) is 4.98 Å². The standard InChI is InChI=1S/C23H38N2/c1-2-3-4-5-6-7-8-9-10-11-12-13-14-15-20-23-24-21-18-16-17-19-22(21)25-23/h16-19H,2-15,20H2,1H3,(H,24,25). The van der Waals surface area contributed by atoms with E-state index in [-0.39, 0.29) is 0 Å². The molecule has 1 N–H and O–H groups in total. The van der Waals surface area contributed by atoms with Crippen LogP contribution in [0.1, 0.15) is 103 Å². The Morgan fingerprint density at radius 2 is 1.20 bits per heavy atom. The van der Waals surface area contributed by atoms with Gasteiger partial charge in [0.15, 0.2) is 0 Å². The van der Waals surface area contributed by atoms with E-state index >= 15 is 0 Å². The van der Waals surface area contributed by atoms with E-state index in [1.54, 1.807) is 0 Å². The predicted octanol–water partition coefficient (Wildman–Crippen LogP) is 7.59. The number of para-hydroxylation sites is 2. The van der Waals surface area contributed by atoms with Crippen LogP contribution in [0.5, 0.6) is 0 Å². The first-order valence-corrected chi connectivity index (χ1v) is 10.8. The molecule has 1 aromatic heterocycles. The van der Waals surface area contributed by atoms with Crippen molar-refractivity contribution < 1.29 is 0 Å². The van der Waals surface area contributed by atoms with Gasteiger partial charge >= 0.3 is 0 Å². The number of hydrogen-bond acceptors (Lipinski definition) is 1. The predicted molar refractivity (Wildman–Crippen MR) is 110 cm³/mol. The van der Waals surface area contributed by atoms with Gasteiger partial charge in [-0.05, 0) is 18.6 Å². The maximum absolute atomic E-state index is 4.66. The van der Waals surface area contributed by atoms with Crippen LogP contribution >= 0.6 is 0 Å². The van der Waals surface area contributed by atoms with E-state index < -0.39 is 0 Å². The molecular formula is C23H38N2. The number of imidazole rings is 1. The molecule has 0 aliphatic carbocycles. The largest absolute Gasteiger partial charge is 0.342 e. The molecule has 1 heterocycles. The van der Waals surface area contributed by atoms with E-state index in [4.69, 9.17) is 0 Å². The van der Waals surface area contributed by atoms with E-state index in [0.29, 0.717) is 0 Å². The molecule has 2 nitrogen and oxygen atoms in total. The summed E-state index contributed by atoms with van der Waals surface area (Å²) in [4.78, 5) is 8.09. The first-order valence-electron chi connectivity index (χ1n) is 10.8. The van der Waals surface area contributed by atoms with E-state index in [9.17, 15) is 0 Å². The quantitative estimate of drug-likeness (QED) is 0.332. The third-order valence-corrected chi connectivity index (χ3v) is 5.21. The van der Waals surface area contributed by atoms with E-state index in [0.717, 1.165) is 17.8 Å². The van der Waals surface area contributed by atoms with Gasteiger partial charge in [0.05, 0.1) is 11.0 Å². The number of nitrogens with zero attached hydrogens (tertiary/aromatic N) is 1. The zero-order valence-corrected chi connectivity index (χ0v) is 16.4. The average Bonchev–Trinajstić information content (AvgIpc) is 3.05. The van der Waals surface area contributed by atoms with Crippen molar-refractivity contribution in [2.24, 2.45) is 0 Å². The molecule has 2 heteroatoms. The van der Waals surface area contributed by atoms with Gasteiger partial charge in [-0.3, -0.25) is 0 Å². The van der Waals surface area contributed by atoms with Crippen LogP contribution in [0.4, 0.5) is 0 Å². The summed E-state index contributed by atoms with van der Waals surface area (Å²) in [6.45, 7) is 2.29. The van der Waals surface area contributed by atoms with Crippen LogP contribution in [0, 0.1) is 0 Å². The maximum Gasteiger partial charge on any atom is 0.107 e. The number of aromatic amines is 1. The fourth-order valence-corrected chi connectivity index (χ4v) is 3.61. The highest BCUT2D eigenvalue weighted by Crippen LogP contribution is 2.15. The monoisotopic (exact) mass is 342 g/mol. The van der Waals surface area contributed by atoms with Crippen LogP contribution in [0.15, 0.2) is 24.3 Å². The fraction of sp³-hybridized carbons (Fsp3) is 0.696. The molecule has 0 saturated carbocycles. The van der Waals surface area contributed by atoms with Crippen LogP contribution in [-0.2, 0) is 6.42 Å². The lowest BCUT2D eigenvalue weighted by Crippen LogP contribution is -1.89. The lowest BCUT2D eigenvalue weighted by molar-refractivity contribution is 0.535. The van der Waals surface area contributed by atoms with Crippen LogP contribution in [0.25, 0.3) is 11.0 Å². The Balaban J connectivity index is 1.36. The third-order valence-electron chi connectivity index (χ3n) is 5.21. The molecule has 0 spiro atoms. The number of unbranched alkanes of at least 4 members (excludes halogenated alkanes) is 13. The Kier molecular flexibility index (Phi) is 10.4. The molecule has 0 fully saturated rings. The van der Waals surface area contributed by atoms with Crippen LogP contribution < -0.4 is 0 Å². The maximum atomic E-state index is 4.66. The molecular weight excluding hydrogens is 304 g/mol. The molecule has 2 rings (SSSR count). The Labute approximate surface area is 154 Å². The second-order valence-electron chi connectivity index (χ2n) is 7.55. The van der Waals surface area contributed by atoms with E-state index in [1.165, 1.54) is 95.4 Å². The molecule has 0 unspecified atom stereocenters. The number of aryl methyl sites for hydroxylation is 1. The van der Waals surface area contributed by atoms with Gasteiger partial charge < -0.3 is 4.98 Å². The van der Waals surface area contributed by atoms with Crippen LogP contribution in [0.2, 0.25) is 0 Å². The van der Waals surface area contributed by atoms with Gasteiger partial charge in [-0.1, -0.05) is 103 Å². The summed E-state index contributed by atoms with van der Waals surface area (Å²) < 4.78 is 0. The molecule has 0 radical (unpaired) electrons. The zero-order valence-electron chi connectivity index (χ0n) is 16.4. The summed E-state index contributed by atoms with van der Waals surface area (Å²) in [6, 6.07) is 8.31. The fourth-order valence-electron chi connectivity index (χ4n) is 3.61. The van der Waals surface area contributed by atoms with Gasteiger partial charge in [-0.15, -0.1) is 0 Å². The van der Waals surface area contributed by atoms with Crippen LogP contribution in [-0.4, -0.2) is 9.97 Å². The summed E-state index contributed by atoms with van der Waals surface area (Å²) in [6.07, 6.45) is 20.9. The lowest BCUT2D eigenvalue weighted by atomic mass is 10.0. The molecule has 0 atom stereocenters. The number of benzene rings is 1. The van der Waals surface area contributed by atoms with E-state index in [2.05, 4.69) is 41.2 Å². The van der Waals surface area contributed by atoms with Gasteiger partial charge in [0, 0.05) is 6.42 Å². The number of hydrogen-bond donors (Lipinski definition) is 1. The molecule has 25 heavy (non-hydrogen) atoms. The first kappa shape index (κ1) is 20.0. The Bertz CT molecular complexity index is 525. The van der Waals surface area contributed by atoms with Crippen LogP contribution in [0.3, 0.4) is 0 Å². The molecule has 0 saturated heterocycles. The number of aromatic nitrogens is 2. The summed E-state index contributed by atoms with van der Waals surface area (Å²) >= 11 is 0. The normalized spacial score (nSPS) is 11.4. The van der Waals surface area contributed by atoms with Crippen molar-refractivity contribution in [3.63, 3.8) is 0 Å². The molecule has 0 bridgehead atoms. The number of nitrogens with one attached hydrogen (secondary N) is 1. The van der Waals surface area contributed by atoms with Crippen molar-refractivity contribution in [2.45, 2.75) is 103 Å². The van der Waals surface area contributed by atoms with Crippen molar-refractivity contribution in [1.82, 2.24) is 9.97 Å². The topological polar surface area (TPSA) is 28.7 Å². The summed E-state index contributed by atoms with van der Waals surface area (Å²) in [7, 11) is 0. The minimum Gasteiger partial charge on any atom is -0.342 e. The van der Waals surface area contributed by atoms with Gasteiger partial charge in [0.1, 0.15) is 5.82 Å². The van der Waals surface area contributed by atoms with Gasteiger partial charge in [0.2, 0.25) is 0 Å². The molecule has 0 aliphatic rings. The lowest BCUT2D eigenvalue weighted by Gasteiger charge is -2.03. The van der Waals surface area contributed by atoms with Crippen molar-refractivity contribution in [1.29, 1.82) is 0 Å². The Morgan fingerprint density at radius 1 is 0.680 bits per heavy atom. The van der Waals surface area contributed by atoms with Crippen molar-refractivity contribution in [3.8, 4) is 0 Å². The minimum absolute atomic E-state index is 1.09. The minimum atomic E-state index is 1.09. The molecule has 0 aliphatic heterocycles. The van der Waals surface area contributed by atoms with Gasteiger partial charge in [-0.2, -0.15) is 0 Å². The second-order valence-corrected chi connectivity index (χ2v) is 7.55. The van der Waals surface area contributed by atoms with Crippen molar-refractivity contribution >= 4 is 11.0 Å². The molecule has 1 aromatic carbocycles. The van der Waals surface area contributed by atoms with Gasteiger partial charge in [0.25, 0.3) is 0 Å². The number of fused-ring (bicyclic) bond motifs is 1. The second kappa shape index (κ2) is 13.0. The highest BCUT2D eigenvalue weighted by Gasteiger charge is 2.01. The zero-order chi connectivity index (χ0) is 17.6.